The molecule has 5 nitrogen and oxygen atoms in total. The molecule has 1 aliphatic heterocycles. The van der Waals surface area contributed by atoms with Crippen molar-refractivity contribution in [3.05, 3.63) is 18.7 Å². The molecular formula is C12H21N5. The Kier molecular flexibility index (Phi) is 4.41. The summed E-state index contributed by atoms with van der Waals surface area (Å²) < 4.78 is 2.01. The highest BCUT2D eigenvalue weighted by Gasteiger charge is 2.10. The molecule has 0 spiro atoms. The molecule has 0 amide bonds. The second-order valence-corrected chi connectivity index (χ2v) is 4.44. The van der Waals surface area contributed by atoms with E-state index >= 15 is 0 Å². The smallest absolute Gasteiger partial charge is 0.191 e. The minimum Gasteiger partial charge on any atom is -0.370 e. The molecule has 0 aliphatic carbocycles. The molecule has 94 valence electrons. The zero-order valence-electron chi connectivity index (χ0n) is 10.3. The number of hydrogen-bond acceptors (Lipinski definition) is 2. The quantitative estimate of drug-likeness (QED) is 0.630. The third-order valence-corrected chi connectivity index (χ3v) is 3.12. The van der Waals surface area contributed by atoms with Crippen molar-refractivity contribution in [2.24, 2.45) is 10.7 Å². The summed E-state index contributed by atoms with van der Waals surface area (Å²) >= 11 is 0. The third kappa shape index (κ3) is 3.76. The standard InChI is InChI=1S/C12H21N5/c13-12(17-7-3-1-2-4-8-17)15-6-10-16-9-5-14-11-16/h5,9,11H,1-4,6-8,10H2,(H2,13,15). The van der Waals surface area contributed by atoms with E-state index in [9.17, 15) is 0 Å². The maximum absolute atomic E-state index is 6.01. The Morgan fingerprint density at radius 3 is 2.65 bits per heavy atom. The van der Waals surface area contributed by atoms with Gasteiger partial charge in [-0.1, -0.05) is 12.8 Å². The minimum atomic E-state index is 0.701. The predicted octanol–water partition coefficient (Wildman–Crippen LogP) is 1.07. The Bertz CT molecular complexity index is 336. The summed E-state index contributed by atoms with van der Waals surface area (Å²) in [7, 11) is 0. The largest absolute Gasteiger partial charge is 0.370 e. The average molecular weight is 235 g/mol. The monoisotopic (exact) mass is 235 g/mol. The lowest BCUT2D eigenvalue weighted by molar-refractivity contribution is 0.428. The van der Waals surface area contributed by atoms with Crippen molar-refractivity contribution in [1.82, 2.24) is 14.5 Å². The van der Waals surface area contributed by atoms with Gasteiger partial charge in [0.05, 0.1) is 12.9 Å². The average Bonchev–Trinajstić information content (AvgIpc) is 2.69. The van der Waals surface area contributed by atoms with E-state index in [1.165, 1.54) is 25.7 Å². The Morgan fingerprint density at radius 2 is 2.00 bits per heavy atom. The lowest BCUT2D eigenvalue weighted by Gasteiger charge is -2.21. The highest BCUT2D eigenvalue weighted by atomic mass is 15.2. The molecule has 0 bridgehead atoms. The Balaban J connectivity index is 1.79. The molecule has 0 unspecified atom stereocenters. The van der Waals surface area contributed by atoms with Crippen LogP contribution in [0.4, 0.5) is 0 Å². The summed E-state index contributed by atoms with van der Waals surface area (Å²) in [6.07, 6.45) is 10.6. The van der Waals surface area contributed by atoms with Crippen molar-refractivity contribution in [3.63, 3.8) is 0 Å². The van der Waals surface area contributed by atoms with Gasteiger partial charge in [0.25, 0.3) is 0 Å². The van der Waals surface area contributed by atoms with Crippen LogP contribution < -0.4 is 5.73 Å². The van der Waals surface area contributed by atoms with Crippen LogP contribution in [-0.4, -0.2) is 40.0 Å². The number of likely N-dealkylation sites (tertiary alicyclic amines) is 1. The number of imidazole rings is 1. The van der Waals surface area contributed by atoms with Crippen molar-refractivity contribution < 1.29 is 0 Å². The van der Waals surface area contributed by atoms with Crippen LogP contribution in [0.3, 0.4) is 0 Å². The van der Waals surface area contributed by atoms with Crippen molar-refractivity contribution in [3.8, 4) is 0 Å². The molecule has 17 heavy (non-hydrogen) atoms. The second-order valence-electron chi connectivity index (χ2n) is 4.44. The van der Waals surface area contributed by atoms with E-state index < -0.39 is 0 Å². The van der Waals surface area contributed by atoms with E-state index in [0.717, 1.165) is 26.2 Å². The summed E-state index contributed by atoms with van der Waals surface area (Å²) in [6, 6.07) is 0. The molecule has 2 heterocycles. The van der Waals surface area contributed by atoms with E-state index in [4.69, 9.17) is 5.73 Å². The predicted molar refractivity (Wildman–Crippen MR) is 68.8 cm³/mol. The van der Waals surface area contributed by atoms with Crippen LogP contribution in [-0.2, 0) is 6.54 Å². The Morgan fingerprint density at radius 1 is 1.24 bits per heavy atom. The zero-order chi connectivity index (χ0) is 11.9. The molecule has 0 saturated carbocycles. The van der Waals surface area contributed by atoms with Crippen molar-refractivity contribution >= 4 is 5.96 Å². The van der Waals surface area contributed by atoms with Crippen molar-refractivity contribution in [1.29, 1.82) is 0 Å². The van der Waals surface area contributed by atoms with Crippen LogP contribution in [0.2, 0.25) is 0 Å². The summed E-state index contributed by atoms with van der Waals surface area (Å²) in [5, 5.41) is 0. The lowest BCUT2D eigenvalue weighted by Crippen LogP contribution is -2.38. The maximum atomic E-state index is 6.01. The van der Waals surface area contributed by atoms with Gasteiger partial charge in [-0.15, -0.1) is 0 Å². The number of hydrogen-bond donors (Lipinski definition) is 1. The summed E-state index contributed by atoms with van der Waals surface area (Å²) in [5.74, 6) is 0.701. The molecule has 2 N–H and O–H groups in total. The number of aromatic nitrogens is 2. The number of nitrogens with zero attached hydrogens (tertiary/aromatic N) is 4. The number of aliphatic imine (C=N–C) groups is 1. The van der Waals surface area contributed by atoms with Gasteiger partial charge in [0, 0.05) is 32.0 Å². The molecule has 2 rings (SSSR count). The van der Waals surface area contributed by atoms with Gasteiger partial charge in [0.15, 0.2) is 5.96 Å². The van der Waals surface area contributed by atoms with Crippen molar-refractivity contribution in [2.75, 3.05) is 19.6 Å². The van der Waals surface area contributed by atoms with Crippen LogP contribution in [0.1, 0.15) is 25.7 Å². The van der Waals surface area contributed by atoms with Gasteiger partial charge < -0.3 is 15.2 Å². The molecule has 1 fully saturated rings. The van der Waals surface area contributed by atoms with Crippen molar-refractivity contribution in [2.45, 2.75) is 32.2 Å². The topological polar surface area (TPSA) is 59.4 Å². The molecular weight excluding hydrogens is 214 g/mol. The van der Waals surface area contributed by atoms with Gasteiger partial charge in [0.2, 0.25) is 0 Å². The van der Waals surface area contributed by atoms with Gasteiger partial charge in [-0.05, 0) is 12.8 Å². The van der Waals surface area contributed by atoms with Crippen LogP contribution in [0.25, 0.3) is 0 Å². The molecule has 0 atom stereocenters. The summed E-state index contributed by atoms with van der Waals surface area (Å²) in [6.45, 7) is 3.67. The van der Waals surface area contributed by atoms with Crippen LogP contribution in [0.5, 0.6) is 0 Å². The highest BCUT2D eigenvalue weighted by Crippen LogP contribution is 2.08. The molecule has 0 radical (unpaired) electrons. The first-order valence-electron chi connectivity index (χ1n) is 6.37. The van der Waals surface area contributed by atoms with Crippen LogP contribution in [0, 0.1) is 0 Å². The maximum Gasteiger partial charge on any atom is 0.191 e. The number of rotatable bonds is 3. The van der Waals surface area contributed by atoms with Gasteiger partial charge in [-0.25, -0.2) is 4.98 Å². The molecule has 1 aliphatic rings. The normalized spacial score (nSPS) is 18.1. The summed E-state index contributed by atoms with van der Waals surface area (Å²) in [5.41, 5.74) is 6.01. The van der Waals surface area contributed by atoms with Gasteiger partial charge in [-0.2, -0.15) is 0 Å². The zero-order valence-corrected chi connectivity index (χ0v) is 10.3. The van der Waals surface area contributed by atoms with Gasteiger partial charge >= 0.3 is 0 Å². The van der Waals surface area contributed by atoms with E-state index in [-0.39, 0.29) is 0 Å². The van der Waals surface area contributed by atoms with Gasteiger partial charge in [0.1, 0.15) is 0 Å². The molecule has 1 aromatic rings. The molecule has 1 aromatic heterocycles. The first kappa shape index (κ1) is 12.0. The minimum absolute atomic E-state index is 0.701. The molecule has 5 heteroatoms. The fourth-order valence-electron chi connectivity index (χ4n) is 2.10. The second kappa shape index (κ2) is 6.27. The number of guanidine groups is 1. The highest BCUT2D eigenvalue weighted by molar-refractivity contribution is 5.78. The van der Waals surface area contributed by atoms with E-state index in [0.29, 0.717) is 5.96 Å². The van der Waals surface area contributed by atoms with Gasteiger partial charge in [-0.3, -0.25) is 4.99 Å². The Hall–Kier alpha value is -1.52. The third-order valence-electron chi connectivity index (χ3n) is 3.12. The fourth-order valence-corrected chi connectivity index (χ4v) is 2.10. The van der Waals surface area contributed by atoms with E-state index in [1.807, 2.05) is 10.8 Å². The fraction of sp³-hybridized carbons (Fsp3) is 0.667. The molecule has 0 aromatic carbocycles. The SMILES string of the molecule is NC(=NCCn1ccnc1)N1CCCCCC1. The van der Waals surface area contributed by atoms with Crippen LogP contribution >= 0.6 is 0 Å². The summed E-state index contributed by atoms with van der Waals surface area (Å²) in [4.78, 5) is 10.6. The lowest BCUT2D eigenvalue weighted by atomic mass is 10.2. The van der Waals surface area contributed by atoms with E-state index in [1.54, 1.807) is 12.5 Å². The first-order chi connectivity index (χ1) is 8.36. The van der Waals surface area contributed by atoms with Crippen LogP contribution in [0.15, 0.2) is 23.7 Å². The molecule has 1 saturated heterocycles. The van der Waals surface area contributed by atoms with E-state index in [2.05, 4.69) is 14.9 Å². The number of nitrogens with two attached hydrogens (primary N) is 1. The first-order valence-corrected chi connectivity index (χ1v) is 6.37. The Labute approximate surface area is 102 Å².